The number of allylic oxidation sites excluding steroid dienone is 1. The molecule has 1 heterocycles. The molecule has 176 valence electrons. The molecule has 0 N–H and O–H groups in total. The maximum absolute atomic E-state index is 13.4. The Morgan fingerprint density at radius 3 is 2.76 bits per heavy atom. The third kappa shape index (κ3) is 5.57. The molecule has 0 radical (unpaired) electrons. The summed E-state index contributed by atoms with van der Waals surface area (Å²) in [5.41, 5.74) is 2.05. The zero-order chi connectivity index (χ0) is 24.7. The molecule has 6 nitrogen and oxygen atoms in total. The largest absolute Gasteiger partial charge is 0.490 e. The van der Waals surface area contributed by atoms with Crippen LogP contribution in [0.2, 0.25) is 0 Å². The first-order valence-electron chi connectivity index (χ1n) is 11.2. The molecular formula is C27H28BrN3O3. The molecule has 3 aromatic rings. The van der Waals surface area contributed by atoms with Crippen LogP contribution in [0.4, 0.5) is 0 Å². The third-order valence-corrected chi connectivity index (χ3v) is 5.82. The van der Waals surface area contributed by atoms with E-state index in [0.717, 1.165) is 22.0 Å². The van der Waals surface area contributed by atoms with Crippen molar-refractivity contribution < 1.29 is 9.47 Å². The number of rotatable bonds is 10. The van der Waals surface area contributed by atoms with Gasteiger partial charge in [0.1, 0.15) is 12.4 Å². The lowest BCUT2D eigenvalue weighted by Crippen LogP contribution is -2.23. The fourth-order valence-corrected chi connectivity index (χ4v) is 3.87. The number of benzene rings is 2. The van der Waals surface area contributed by atoms with Crippen molar-refractivity contribution in [2.45, 2.75) is 39.5 Å². The maximum atomic E-state index is 13.4. The summed E-state index contributed by atoms with van der Waals surface area (Å²) in [5.74, 6) is 4.30. The first-order chi connectivity index (χ1) is 16.4. The van der Waals surface area contributed by atoms with Gasteiger partial charge in [0.15, 0.2) is 11.5 Å². The minimum Gasteiger partial charge on any atom is -0.490 e. The van der Waals surface area contributed by atoms with E-state index in [-0.39, 0.29) is 18.1 Å². The van der Waals surface area contributed by atoms with Crippen LogP contribution in [0.25, 0.3) is 10.9 Å². The SMILES string of the molecule is C#CCOc1c(CC=C)cc(C=Nn2c([C@H](C)CC)nc3ccc(Br)cc3c2=O)cc1OCC. The molecule has 1 aromatic heterocycles. The van der Waals surface area contributed by atoms with Crippen LogP contribution in [0.5, 0.6) is 11.5 Å². The molecule has 0 unspecified atom stereocenters. The average molecular weight is 522 g/mol. The van der Waals surface area contributed by atoms with Crippen molar-refractivity contribution in [1.29, 1.82) is 0 Å². The fraction of sp³-hybridized carbons (Fsp3) is 0.296. The Kier molecular flexibility index (Phi) is 8.67. The van der Waals surface area contributed by atoms with E-state index in [9.17, 15) is 4.79 Å². The smallest absolute Gasteiger partial charge is 0.282 e. The van der Waals surface area contributed by atoms with E-state index in [1.165, 1.54) is 4.68 Å². The molecule has 34 heavy (non-hydrogen) atoms. The van der Waals surface area contributed by atoms with Crippen molar-refractivity contribution >= 4 is 33.0 Å². The molecule has 0 saturated heterocycles. The Labute approximate surface area is 208 Å². The van der Waals surface area contributed by atoms with Gasteiger partial charge in [0.2, 0.25) is 0 Å². The summed E-state index contributed by atoms with van der Waals surface area (Å²) < 4.78 is 13.8. The average Bonchev–Trinajstić information content (AvgIpc) is 2.83. The molecule has 3 rings (SSSR count). The van der Waals surface area contributed by atoms with Crippen LogP contribution < -0.4 is 15.0 Å². The van der Waals surface area contributed by atoms with Crippen molar-refractivity contribution in [2.24, 2.45) is 5.10 Å². The van der Waals surface area contributed by atoms with Gasteiger partial charge in [-0.05, 0) is 55.7 Å². The van der Waals surface area contributed by atoms with E-state index in [0.29, 0.717) is 41.3 Å². The van der Waals surface area contributed by atoms with Gasteiger partial charge in [0, 0.05) is 16.0 Å². The Bertz CT molecular complexity index is 1320. The molecule has 0 spiro atoms. The molecule has 0 fully saturated rings. The number of hydrogen-bond acceptors (Lipinski definition) is 5. The highest BCUT2D eigenvalue weighted by atomic mass is 79.9. The van der Waals surface area contributed by atoms with Gasteiger partial charge < -0.3 is 9.47 Å². The molecule has 0 aliphatic rings. The van der Waals surface area contributed by atoms with Crippen LogP contribution in [0.3, 0.4) is 0 Å². The van der Waals surface area contributed by atoms with Crippen LogP contribution in [-0.2, 0) is 6.42 Å². The number of halogens is 1. The molecule has 2 aromatic carbocycles. The summed E-state index contributed by atoms with van der Waals surface area (Å²) >= 11 is 3.44. The van der Waals surface area contributed by atoms with E-state index < -0.39 is 0 Å². The van der Waals surface area contributed by atoms with E-state index in [1.807, 2.05) is 38.1 Å². The predicted molar refractivity (Wildman–Crippen MR) is 141 cm³/mol. The first-order valence-corrected chi connectivity index (χ1v) is 12.0. The Morgan fingerprint density at radius 1 is 1.29 bits per heavy atom. The number of fused-ring (bicyclic) bond motifs is 1. The minimum atomic E-state index is -0.219. The van der Waals surface area contributed by atoms with E-state index in [2.05, 4.69) is 40.5 Å². The zero-order valence-corrected chi connectivity index (χ0v) is 21.3. The van der Waals surface area contributed by atoms with Crippen molar-refractivity contribution in [3.8, 4) is 23.8 Å². The van der Waals surface area contributed by atoms with Gasteiger partial charge in [-0.1, -0.05) is 41.8 Å². The van der Waals surface area contributed by atoms with E-state index in [1.54, 1.807) is 18.4 Å². The van der Waals surface area contributed by atoms with E-state index in [4.69, 9.17) is 20.9 Å². The van der Waals surface area contributed by atoms with Crippen LogP contribution in [-0.4, -0.2) is 29.1 Å². The van der Waals surface area contributed by atoms with Crippen LogP contribution in [0.15, 0.2) is 57.4 Å². The van der Waals surface area contributed by atoms with Gasteiger partial charge in [-0.2, -0.15) is 9.78 Å². The molecule has 1 atom stereocenters. The van der Waals surface area contributed by atoms with Gasteiger partial charge in [-0.15, -0.1) is 13.0 Å². The number of aromatic nitrogens is 2. The van der Waals surface area contributed by atoms with Crippen LogP contribution in [0, 0.1) is 12.3 Å². The highest BCUT2D eigenvalue weighted by molar-refractivity contribution is 9.10. The Morgan fingerprint density at radius 2 is 2.09 bits per heavy atom. The zero-order valence-electron chi connectivity index (χ0n) is 19.7. The Balaban J connectivity index is 2.16. The van der Waals surface area contributed by atoms with E-state index >= 15 is 0 Å². The number of terminal acetylenes is 1. The fourth-order valence-electron chi connectivity index (χ4n) is 3.51. The highest BCUT2D eigenvalue weighted by Gasteiger charge is 2.16. The topological polar surface area (TPSA) is 65.7 Å². The van der Waals surface area contributed by atoms with Crippen molar-refractivity contribution in [1.82, 2.24) is 9.66 Å². The van der Waals surface area contributed by atoms with Gasteiger partial charge in [0.05, 0.1) is 23.7 Å². The Hall–Kier alpha value is -3.37. The summed E-state index contributed by atoms with van der Waals surface area (Å²) in [5, 5.41) is 5.06. The van der Waals surface area contributed by atoms with Gasteiger partial charge in [-0.25, -0.2) is 4.98 Å². The lowest BCUT2D eigenvalue weighted by atomic mass is 10.1. The second-order valence-corrected chi connectivity index (χ2v) is 8.64. The van der Waals surface area contributed by atoms with Crippen molar-refractivity contribution in [3.63, 3.8) is 0 Å². The normalized spacial score (nSPS) is 12.0. The maximum Gasteiger partial charge on any atom is 0.282 e. The highest BCUT2D eigenvalue weighted by Crippen LogP contribution is 2.33. The molecular weight excluding hydrogens is 494 g/mol. The number of ether oxygens (including phenoxy) is 2. The quantitative estimate of drug-likeness (QED) is 0.195. The monoisotopic (exact) mass is 521 g/mol. The van der Waals surface area contributed by atoms with Crippen molar-refractivity contribution in [3.05, 3.63) is 74.8 Å². The standard InChI is InChI=1S/C27H28BrN3O3/c1-6-10-20-14-19(15-24(33-9-4)25(20)34-13-7-2)17-29-31-26(18(5)8-3)30-23-12-11-21(28)16-22(23)27(31)32/h2,6,11-12,14-18H,1,8-10,13H2,3-5H3/t18-/m1/s1. The predicted octanol–water partition coefficient (Wildman–Crippen LogP) is 5.69. The lowest BCUT2D eigenvalue weighted by Gasteiger charge is -2.16. The summed E-state index contributed by atoms with van der Waals surface area (Å²) in [6, 6.07) is 9.24. The van der Waals surface area contributed by atoms with Gasteiger partial charge >= 0.3 is 0 Å². The first kappa shape index (κ1) is 25.3. The van der Waals surface area contributed by atoms with Gasteiger partial charge in [-0.3, -0.25) is 4.79 Å². The second kappa shape index (κ2) is 11.7. The van der Waals surface area contributed by atoms with Crippen LogP contribution >= 0.6 is 15.9 Å². The lowest BCUT2D eigenvalue weighted by molar-refractivity contribution is 0.297. The summed E-state index contributed by atoms with van der Waals surface area (Å²) in [6.07, 6.45) is 10.2. The van der Waals surface area contributed by atoms with Gasteiger partial charge in [0.25, 0.3) is 5.56 Å². The molecule has 7 heteroatoms. The summed E-state index contributed by atoms with van der Waals surface area (Å²) in [4.78, 5) is 18.1. The summed E-state index contributed by atoms with van der Waals surface area (Å²) in [7, 11) is 0. The molecule has 0 aliphatic heterocycles. The number of nitrogens with zero attached hydrogens (tertiary/aromatic N) is 3. The second-order valence-electron chi connectivity index (χ2n) is 7.73. The van der Waals surface area contributed by atoms with Crippen molar-refractivity contribution in [2.75, 3.05) is 13.2 Å². The molecule has 0 bridgehead atoms. The minimum absolute atomic E-state index is 0.0488. The number of hydrogen-bond donors (Lipinski definition) is 0. The molecule has 0 aliphatic carbocycles. The molecule has 0 saturated carbocycles. The molecule has 0 amide bonds. The van der Waals surface area contributed by atoms with Crippen LogP contribution in [0.1, 0.15) is 50.1 Å². The third-order valence-electron chi connectivity index (χ3n) is 5.33. The summed E-state index contributed by atoms with van der Waals surface area (Å²) in [6.45, 7) is 10.4.